The van der Waals surface area contributed by atoms with Gasteiger partial charge in [-0.3, -0.25) is 0 Å². The van der Waals surface area contributed by atoms with Gasteiger partial charge in [-0.05, 0) is 18.9 Å². The van der Waals surface area contributed by atoms with E-state index in [4.69, 9.17) is 4.43 Å². The molecule has 2 heteroatoms. The van der Waals surface area contributed by atoms with Crippen molar-refractivity contribution in [3.8, 4) is 0 Å². The number of unbranched alkanes of at least 4 members (excludes halogenated alkanes) is 1. The first-order chi connectivity index (χ1) is 5.35. The molecule has 0 saturated carbocycles. The summed E-state index contributed by atoms with van der Waals surface area (Å²) in [6, 6.07) is 1.37. The summed E-state index contributed by atoms with van der Waals surface area (Å²) in [5, 5.41) is 0. The lowest BCUT2D eigenvalue weighted by Crippen LogP contribution is -2.12. The van der Waals surface area contributed by atoms with Crippen LogP contribution >= 0.6 is 0 Å². The number of rotatable bonds is 7. The van der Waals surface area contributed by atoms with E-state index in [1.165, 1.54) is 31.7 Å². The topological polar surface area (TPSA) is 9.23 Å². The van der Waals surface area contributed by atoms with Crippen molar-refractivity contribution in [3.05, 3.63) is 0 Å². The van der Waals surface area contributed by atoms with E-state index in [-0.39, 0.29) is 9.76 Å². The maximum atomic E-state index is 5.78. The average molecular weight is 174 g/mol. The fraction of sp³-hybridized carbons (Fsp3) is 1.00. The standard InChI is InChI=1S/C9H22OSi/c1-4-7-8-11-10-9(5-2)6-3/h9H,4-8,11H2,1-3H3. The molecule has 0 aliphatic rings. The van der Waals surface area contributed by atoms with Gasteiger partial charge in [-0.25, -0.2) is 0 Å². The van der Waals surface area contributed by atoms with Crippen LogP contribution in [0.1, 0.15) is 46.5 Å². The molecule has 0 amide bonds. The molecule has 0 aromatic rings. The summed E-state index contributed by atoms with van der Waals surface area (Å²) in [5.41, 5.74) is 0. The van der Waals surface area contributed by atoms with Gasteiger partial charge in [0, 0.05) is 6.10 Å². The minimum Gasteiger partial charge on any atom is -0.421 e. The molecule has 0 spiro atoms. The maximum absolute atomic E-state index is 5.78. The summed E-state index contributed by atoms with van der Waals surface area (Å²) in [6.07, 6.45) is 5.63. The Morgan fingerprint density at radius 2 is 1.82 bits per heavy atom. The van der Waals surface area contributed by atoms with Gasteiger partial charge >= 0.3 is 0 Å². The summed E-state index contributed by atoms with van der Waals surface area (Å²) in [6.45, 7) is 6.66. The molecule has 0 unspecified atom stereocenters. The monoisotopic (exact) mass is 174 g/mol. The molecule has 0 aliphatic heterocycles. The molecule has 0 N–H and O–H groups in total. The lowest BCUT2D eigenvalue weighted by Gasteiger charge is -2.13. The van der Waals surface area contributed by atoms with Crippen LogP contribution < -0.4 is 0 Å². The Balaban J connectivity index is 3.07. The molecule has 0 bridgehead atoms. The fourth-order valence-corrected chi connectivity index (χ4v) is 2.80. The molecule has 0 radical (unpaired) electrons. The van der Waals surface area contributed by atoms with Gasteiger partial charge in [0.15, 0.2) is 9.76 Å². The third-order valence-electron chi connectivity index (χ3n) is 2.01. The van der Waals surface area contributed by atoms with Crippen LogP contribution in [0.25, 0.3) is 0 Å². The van der Waals surface area contributed by atoms with Gasteiger partial charge in [-0.15, -0.1) is 0 Å². The Hall–Kier alpha value is 0.177. The van der Waals surface area contributed by atoms with Gasteiger partial charge in [0.2, 0.25) is 0 Å². The van der Waals surface area contributed by atoms with Gasteiger partial charge in [-0.1, -0.05) is 33.6 Å². The Bertz CT molecular complexity index is 72.0. The highest BCUT2D eigenvalue weighted by atomic mass is 28.2. The van der Waals surface area contributed by atoms with E-state index in [1.54, 1.807) is 0 Å². The van der Waals surface area contributed by atoms with Crippen LogP contribution in [0.3, 0.4) is 0 Å². The Kier molecular flexibility index (Phi) is 8.41. The van der Waals surface area contributed by atoms with Crippen molar-refractivity contribution in [1.82, 2.24) is 0 Å². The maximum Gasteiger partial charge on any atom is 0.161 e. The highest BCUT2D eigenvalue weighted by molar-refractivity contribution is 6.27. The first-order valence-corrected chi connectivity index (χ1v) is 6.54. The van der Waals surface area contributed by atoms with Crippen molar-refractivity contribution in [3.63, 3.8) is 0 Å². The first-order valence-electron chi connectivity index (χ1n) is 4.96. The highest BCUT2D eigenvalue weighted by Crippen LogP contribution is 2.03. The predicted molar refractivity (Wildman–Crippen MR) is 53.7 cm³/mol. The van der Waals surface area contributed by atoms with E-state index in [2.05, 4.69) is 20.8 Å². The first kappa shape index (κ1) is 11.2. The second-order valence-corrected chi connectivity index (χ2v) is 4.47. The second-order valence-electron chi connectivity index (χ2n) is 3.02. The molecule has 1 nitrogen and oxygen atoms in total. The zero-order valence-corrected chi connectivity index (χ0v) is 9.64. The van der Waals surface area contributed by atoms with E-state index < -0.39 is 0 Å². The van der Waals surface area contributed by atoms with Crippen molar-refractivity contribution in [2.45, 2.75) is 58.6 Å². The molecule has 0 atom stereocenters. The van der Waals surface area contributed by atoms with Crippen LogP contribution in [0.15, 0.2) is 0 Å². The normalized spacial score (nSPS) is 12.0. The molecule has 0 aromatic carbocycles. The quantitative estimate of drug-likeness (QED) is 0.426. The van der Waals surface area contributed by atoms with Crippen LogP contribution in [-0.4, -0.2) is 15.9 Å². The molecule has 0 saturated heterocycles. The molecule has 0 heterocycles. The lowest BCUT2D eigenvalue weighted by atomic mass is 10.2. The molecule has 11 heavy (non-hydrogen) atoms. The van der Waals surface area contributed by atoms with Crippen LogP contribution in [0.2, 0.25) is 6.04 Å². The SMILES string of the molecule is CCCC[SiH2]OC(CC)CC. The molecule has 0 rings (SSSR count). The van der Waals surface area contributed by atoms with Crippen molar-refractivity contribution in [2.24, 2.45) is 0 Å². The minimum absolute atomic E-state index is 0.169. The van der Waals surface area contributed by atoms with E-state index >= 15 is 0 Å². The summed E-state index contributed by atoms with van der Waals surface area (Å²) in [5.74, 6) is 0. The zero-order valence-electron chi connectivity index (χ0n) is 8.23. The second kappa shape index (κ2) is 8.28. The third-order valence-corrected chi connectivity index (χ3v) is 3.51. The van der Waals surface area contributed by atoms with Gasteiger partial charge in [0.05, 0.1) is 0 Å². The van der Waals surface area contributed by atoms with Crippen LogP contribution in [-0.2, 0) is 4.43 Å². The van der Waals surface area contributed by atoms with Crippen molar-refractivity contribution in [1.29, 1.82) is 0 Å². The largest absolute Gasteiger partial charge is 0.421 e. The summed E-state index contributed by atoms with van der Waals surface area (Å²) in [4.78, 5) is 0. The third kappa shape index (κ3) is 6.57. The van der Waals surface area contributed by atoms with Crippen LogP contribution in [0.4, 0.5) is 0 Å². The van der Waals surface area contributed by atoms with Crippen molar-refractivity contribution < 1.29 is 4.43 Å². The van der Waals surface area contributed by atoms with E-state index in [9.17, 15) is 0 Å². The van der Waals surface area contributed by atoms with Gasteiger partial charge in [-0.2, -0.15) is 0 Å². The van der Waals surface area contributed by atoms with E-state index in [0.717, 1.165) is 0 Å². The predicted octanol–water partition coefficient (Wildman–Crippen LogP) is 2.49. The van der Waals surface area contributed by atoms with Crippen molar-refractivity contribution >= 4 is 9.76 Å². The molecule has 68 valence electrons. The molecule has 0 fully saturated rings. The van der Waals surface area contributed by atoms with Crippen LogP contribution in [0, 0.1) is 0 Å². The highest BCUT2D eigenvalue weighted by Gasteiger charge is 2.01. The Labute approximate surface area is 73.5 Å². The number of hydrogen-bond acceptors (Lipinski definition) is 1. The minimum atomic E-state index is -0.169. The summed E-state index contributed by atoms with van der Waals surface area (Å²) in [7, 11) is -0.169. The van der Waals surface area contributed by atoms with E-state index in [1.807, 2.05) is 0 Å². The van der Waals surface area contributed by atoms with Crippen molar-refractivity contribution in [2.75, 3.05) is 0 Å². The van der Waals surface area contributed by atoms with Gasteiger partial charge < -0.3 is 4.43 Å². The Morgan fingerprint density at radius 3 is 2.27 bits per heavy atom. The zero-order chi connectivity index (χ0) is 8.53. The Morgan fingerprint density at radius 1 is 1.18 bits per heavy atom. The molecular formula is C9H22OSi. The average Bonchev–Trinajstić information content (AvgIpc) is 2.05. The molecular weight excluding hydrogens is 152 g/mol. The molecule has 0 aliphatic carbocycles. The van der Waals surface area contributed by atoms with Gasteiger partial charge in [0.25, 0.3) is 0 Å². The lowest BCUT2D eigenvalue weighted by molar-refractivity contribution is 0.202. The fourth-order valence-electron chi connectivity index (χ4n) is 1.13. The smallest absolute Gasteiger partial charge is 0.161 e. The van der Waals surface area contributed by atoms with Gasteiger partial charge in [0.1, 0.15) is 0 Å². The summed E-state index contributed by atoms with van der Waals surface area (Å²) < 4.78 is 5.78. The van der Waals surface area contributed by atoms with Crippen LogP contribution in [0.5, 0.6) is 0 Å². The van der Waals surface area contributed by atoms with E-state index in [0.29, 0.717) is 6.10 Å². The summed E-state index contributed by atoms with van der Waals surface area (Å²) >= 11 is 0. The number of hydrogen-bond donors (Lipinski definition) is 0. The molecule has 0 aromatic heterocycles.